The van der Waals surface area contributed by atoms with Crippen molar-refractivity contribution in [2.45, 2.75) is 74.0 Å². The lowest BCUT2D eigenvalue weighted by atomic mass is 9.87. The predicted octanol–water partition coefficient (Wildman–Crippen LogP) is 7.26. The van der Waals surface area contributed by atoms with Crippen molar-refractivity contribution < 1.29 is 9.47 Å². The summed E-state index contributed by atoms with van der Waals surface area (Å²) in [6, 6.07) is 17.1. The number of benzene rings is 2. The van der Waals surface area contributed by atoms with Gasteiger partial charge in [-0.15, -0.1) is 0 Å². The molecule has 1 saturated carbocycles. The van der Waals surface area contributed by atoms with Crippen molar-refractivity contribution in [3.05, 3.63) is 81.8 Å². The van der Waals surface area contributed by atoms with Gasteiger partial charge in [-0.25, -0.2) is 0 Å². The summed E-state index contributed by atoms with van der Waals surface area (Å²) >= 11 is 2.67. The molecular weight excluding hydrogens is 651 g/mol. The van der Waals surface area contributed by atoms with Gasteiger partial charge in [0.15, 0.2) is 0 Å². The molecule has 0 radical (unpaired) electrons. The van der Waals surface area contributed by atoms with Gasteiger partial charge in [-0.2, -0.15) is 0 Å². The highest BCUT2D eigenvalue weighted by atomic mass is 127. The fraction of sp³-hybridized carbons (Fsp3) is 0.514. The number of likely N-dealkylation sites (tertiary alicyclic amines) is 1. The van der Waals surface area contributed by atoms with Crippen molar-refractivity contribution in [2.24, 2.45) is 5.92 Å². The molecule has 2 saturated heterocycles. The van der Waals surface area contributed by atoms with Gasteiger partial charge < -0.3 is 24.7 Å². The average Bonchev–Trinajstić information content (AvgIpc) is 3.04. The predicted molar refractivity (Wildman–Crippen MR) is 181 cm³/mol. The molecule has 3 unspecified atom stereocenters. The summed E-state index contributed by atoms with van der Waals surface area (Å²) in [5.41, 5.74) is 5.51. The van der Waals surface area contributed by atoms with E-state index >= 15 is 0 Å². The number of aromatic nitrogens is 1. The Balaban J connectivity index is 0.981. The van der Waals surface area contributed by atoms with Crippen LogP contribution in [0.1, 0.15) is 74.2 Å². The number of rotatable bonds is 7. The van der Waals surface area contributed by atoms with Crippen molar-refractivity contribution in [3.8, 4) is 11.5 Å². The molecule has 7 rings (SSSR count). The van der Waals surface area contributed by atoms with Gasteiger partial charge in [-0.05, 0) is 61.6 Å². The lowest BCUT2D eigenvalue weighted by molar-refractivity contribution is 0.0384. The van der Waals surface area contributed by atoms with Crippen molar-refractivity contribution >= 4 is 34.0 Å². The molecule has 2 N–H and O–H groups in total. The number of nitrogens with zero attached hydrogens (tertiary/aromatic N) is 2. The third-order valence-electron chi connectivity index (χ3n) is 9.88. The van der Waals surface area contributed by atoms with E-state index in [0.29, 0.717) is 23.2 Å². The fourth-order valence-corrected chi connectivity index (χ4v) is 8.62. The van der Waals surface area contributed by atoms with Crippen LogP contribution in [0, 0.1) is 5.92 Å². The Morgan fingerprint density at radius 3 is 2.77 bits per heavy atom. The molecule has 2 aromatic carbocycles. The molecule has 1 aliphatic carbocycles. The van der Waals surface area contributed by atoms with Crippen LogP contribution in [0.25, 0.3) is 0 Å². The molecular formula is C35H43IN4O3. The molecule has 43 heavy (non-hydrogen) atoms. The normalized spacial score (nSPS) is 24.6. The van der Waals surface area contributed by atoms with E-state index in [2.05, 4.69) is 79.1 Å². The molecule has 3 aliphatic heterocycles. The number of morpholine rings is 1. The Kier molecular flexibility index (Phi) is 8.96. The average molecular weight is 695 g/mol. The molecule has 3 aromatic rings. The number of pyridine rings is 1. The second kappa shape index (κ2) is 13.2. The van der Waals surface area contributed by atoms with Gasteiger partial charge in [-0.3, -0.25) is 9.69 Å². The summed E-state index contributed by atoms with van der Waals surface area (Å²) < 4.78 is 13.4. The van der Waals surface area contributed by atoms with Crippen LogP contribution in [0.5, 0.6) is 11.5 Å². The first-order valence-electron chi connectivity index (χ1n) is 16.2. The highest BCUT2D eigenvalue weighted by molar-refractivity contribution is 14.1. The number of piperidine rings is 1. The lowest BCUT2D eigenvalue weighted by Crippen LogP contribution is -2.44. The molecule has 4 aliphatic rings. The maximum atomic E-state index is 11.9. The minimum Gasteiger partial charge on any atom is -0.456 e. The molecule has 0 amide bonds. The van der Waals surface area contributed by atoms with Crippen LogP contribution >= 0.6 is 22.6 Å². The topological polar surface area (TPSA) is 69.8 Å². The van der Waals surface area contributed by atoms with E-state index in [1.807, 2.05) is 6.07 Å². The van der Waals surface area contributed by atoms with Crippen LogP contribution in [-0.2, 0) is 11.2 Å². The summed E-state index contributed by atoms with van der Waals surface area (Å²) in [4.78, 5) is 19.5. The lowest BCUT2D eigenvalue weighted by Gasteiger charge is -2.38. The molecule has 1 aromatic heterocycles. The minimum atomic E-state index is -0.125. The maximum Gasteiger partial charge on any atom is 0.249 e. The van der Waals surface area contributed by atoms with Crippen molar-refractivity contribution in [1.29, 1.82) is 0 Å². The van der Waals surface area contributed by atoms with Crippen LogP contribution in [-0.4, -0.2) is 52.8 Å². The zero-order chi connectivity index (χ0) is 29.2. The van der Waals surface area contributed by atoms with Crippen LogP contribution in [0.3, 0.4) is 0 Å². The molecule has 228 valence electrons. The van der Waals surface area contributed by atoms with Crippen molar-refractivity contribution in [1.82, 2.24) is 9.88 Å². The molecule has 3 atom stereocenters. The number of anilines is 2. The van der Waals surface area contributed by atoms with Gasteiger partial charge in [0, 0.05) is 66.9 Å². The number of hydrogen-bond acceptors (Lipinski definition) is 6. The zero-order valence-electron chi connectivity index (χ0n) is 24.9. The van der Waals surface area contributed by atoms with E-state index in [1.54, 1.807) is 12.3 Å². The number of alkyl halides is 1. The van der Waals surface area contributed by atoms with Gasteiger partial charge in [0.1, 0.15) is 17.6 Å². The Bertz CT molecular complexity index is 1470. The van der Waals surface area contributed by atoms with E-state index in [-0.39, 0.29) is 11.7 Å². The monoisotopic (exact) mass is 694 g/mol. The molecule has 7 nitrogen and oxygen atoms in total. The van der Waals surface area contributed by atoms with Gasteiger partial charge in [0.25, 0.3) is 0 Å². The van der Waals surface area contributed by atoms with Crippen LogP contribution in [0.15, 0.2) is 59.5 Å². The van der Waals surface area contributed by atoms with E-state index in [9.17, 15) is 4.79 Å². The Hall–Kier alpha value is -2.56. The van der Waals surface area contributed by atoms with E-state index in [1.165, 1.54) is 81.3 Å². The Labute approximate surface area is 268 Å². The summed E-state index contributed by atoms with van der Waals surface area (Å²) in [7, 11) is 0. The second-order valence-electron chi connectivity index (χ2n) is 12.8. The number of fused-ring (bicyclic) bond motifs is 2. The summed E-state index contributed by atoms with van der Waals surface area (Å²) in [5.74, 6) is 2.80. The largest absolute Gasteiger partial charge is 0.456 e. The standard InChI is InChI=1S/C35H43IN4O3/c36-33-21-28(13-16-39(33)15-12-24-5-2-1-3-6-24)38-27-9-10-31-26(20-27)19-25-7-4-8-30(35(25)43-31)32-23-40(17-18-42-32)29-11-14-37-34(41)22-29/h4,7-11,14,20,22,24,28,32-33,38H,1-3,5-6,12-13,15-19,21,23H2,(H,37,41). The van der Waals surface area contributed by atoms with E-state index in [0.717, 1.165) is 41.6 Å². The summed E-state index contributed by atoms with van der Waals surface area (Å²) in [6.45, 7) is 4.48. The molecule has 4 heterocycles. The van der Waals surface area contributed by atoms with Gasteiger partial charge in [0.2, 0.25) is 5.56 Å². The quantitative estimate of drug-likeness (QED) is 0.121. The number of ether oxygens (including phenoxy) is 2. The first-order valence-corrected chi connectivity index (χ1v) is 17.5. The molecule has 3 fully saturated rings. The first kappa shape index (κ1) is 29.2. The van der Waals surface area contributed by atoms with E-state index < -0.39 is 0 Å². The van der Waals surface area contributed by atoms with Gasteiger partial charge in [-0.1, -0.05) is 72.9 Å². The van der Waals surface area contributed by atoms with Gasteiger partial charge >= 0.3 is 0 Å². The highest BCUT2D eigenvalue weighted by Crippen LogP contribution is 2.43. The first-order chi connectivity index (χ1) is 21.1. The SMILES string of the molecule is O=c1cc(N2CCOC(c3cccc4c3Oc3ccc(NC5CCN(CCC6CCCCC6)C(I)C5)cc3C4)C2)cc[nH]1. The number of H-pyrrole nitrogens is 1. The third kappa shape index (κ3) is 6.76. The number of aromatic amines is 1. The minimum absolute atomic E-state index is 0.0872. The van der Waals surface area contributed by atoms with Crippen LogP contribution in [0.4, 0.5) is 11.4 Å². The van der Waals surface area contributed by atoms with Crippen molar-refractivity contribution in [2.75, 3.05) is 43.0 Å². The second-order valence-corrected chi connectivity index (χ2v) is 14.2. The smallest absolute Gasteiger partial charge is 0.249 e. The van der Waals surface area contributed by atoms with Crippen LogP contribution in [0.2, 0.25) is 0 Å². The number of halogens is 1. The maximum absolute atomic E-state index is 11.9. The molecule has 0 bridgehead atoms. The fourth-order valence-electron chi connectivity index (χ4n) is 7.45. The zero-order valence-corrected chi connectivity index (χ0v) is 27.1. The van der Waals surface area contributed by atoms with Gasteiger partial charge in [0.05, 0.1) is 10.7 Å². The summed E-state index contributed by atoms with van der Waals surface area (Å²) in [5, 5.41) is 3.86. The Morgan fingerprint density at radius 1 is 1.00 bits per heavy atom. The Morgan fingerprint density at radius 2 is 1.91 bits per heavy atom. The molecule has 0 spiro atoms. The summed E-state index contributed by atoms with van der Waals surface area (Å²) in [6.07, 6.45) is 13.4. The number of nitrogens with one attached hydrogen (secondary N) is 2. The van der Waals surface area contributed by atoms with E-state index in [4.69, 9.17) is 9.47 Å². The van der Waals surface area contributed by atoms with Crippen LogP contribution < -0.4 is 20.5 Å². The van der Waals surface area contributed by atoms with Crippen molar-refractivity contribution in [3.63, 3.8) is 0 Å². The number of hydrogen-bond donors (Lipinski definition) is 2. The molecule has 8 heteroatoms. The third-order valence-corrected chi connectivity index (χ3v) is 11.2. The highest BCUT2D eigenvalue weighted by Gasteiger charge is 2.30. The number of para-hydroxylation sites is 1.